The van der Waals surface area contributed by atoms with Gasteiger partial charge in [0.15, 0.2) is 0 Å². The number of anilines is 3. The first kappa shape index (κ1) is 28.6. The van der Waals surface area contributed by atoms with Gasteiger partial charge in [0.05, 0.1) is 27.8 Å². The summed E-state index contributed by atoms with van der Waals surface area (Å²) in [6.45, 7) is 0. The van der Waals surface area contributed by atoms with Crippen LogP contribution >= 0.6 is 0 Å². The molecule has 0 aliphatic rings. The molecule has 4 heteroatoms. The third-order valence-corrected chi connectivity index (χ3v) is 8.86. The first-order valence-corrected chi connectivity index (χ1v) is 15.8. The fourth-order valence-electron chi connectivity index (χ4n) is 6.64. The van der Waals surface area contributed by atoms with Gasteiger partial charge in [-0.1, -0.05) is 121 Å². The third kappa shape index (κ3) is 4.95. The van der Waals surface area contributed by atoms with Gasteiger partial charge in [-0.15, -0.1) is 0 Å². The molecular formula is C44H28N4. The number of aromatic nitrogens is 1. The Morgan fingerprint density at radius 2 is 0.771 bits per heavy atom. The van der Waals surface area contributed by atoms with E-state index in [1.54, 1.807) is 0 Å². The summed E-state index contributed by atoms with van der Waals surface area (Å²) in [5.74, 6) is 0. The summed E-state index contributed by atoms with van der Waals surface area (Å²) in [7, 11) is 0. The normalized spacial score (nSPS) is 10.9. The number of hydrogen-bond acceptors (Lipinski definition) is 3. The molecule has 0 fully saturated rings. The number of hydrogen-bond donors (Lipinski definition) is 0. The Morgan fingerprint density at radius 1 is 0.396 bits per heavy atom. The maximum atomic E-state index is 10.7. The summed E-state index contributed by atoms with van der Waals surface area (Å²) < 4.78 is 2.05. The molecule has 0 aliphatic carbocycles. The molecule has 0 saturated heterocycles. The SMILES string of the molecule is N#Cc1cc(N(c2ccc(-c3ccccc3)cc2)c2ccc(-c3ccccc3)cc2)cc(C#N)c1-n1c2ccccc2c2ccccc21. The van der Waals surface area contributed by atoms with Gasteiger partial charge >= 0.3 is 0 Å². The minimum Gasteiger partial charge on any atom is -0.310 e. The fourth-order valence-corrected chi connectivity index (χ4v) is 6.64. The number of benzene rings is 7. The second-order valence-corrected chi connectivity index (χ2v) is 11.6. The van der Waals surface area contributed by atoms with Gasteiger partial charge in [0.2, 0.25) is 0 Å². The van der Waals surface area contributed by atoms with Crippen molar-refractivity contribution in [3.63, 3.8) is 0 Å². The largest absolute Gasteiger partial charge is 0.310 e. The van der Waals surface area contributed by atoms with Crippen LogP contribution in [0.3, 0.4) is 0 Å². The van der Waals surface area contributed by atoms with Crippen molar-refractivity contribution in [1.82, 2.24) is 4.57 Å². The van der Waals surface area contributed by atoms with E-state index in [4.69, 9.17) is 0 Å². The van der Waals surface area contributed by atoms with Crippen molar-refractivity contribution in [3.05, 3.63) is 181 Å². The molecule has 0 radical (unpaired) electrons. The maximum Gasteiger partial charge on any atom is 0.101 e. The van der Waals surface area contributed by atoms with Gasteiger partial charge in [-0.05, 0) is 70.8 Å². The molecule has 8 aromatic rings. The highest BCUT2D eigenvalue weighted by atomic mass is 15.1. The van der Waals surface area contributed by atoms with Crippen LogP contribution in [-0.4, -0.2) is 4.57 Å². The summed E-state index contributed by atoms with van der Waals surface area (Å²) in [6, 6.07) is 62.3. The highest BCUT2D eigenvalue weighted by Crippen LogP contribution is 2.41. The zero-order valence-electron chi connectivity index (χ0n) is 26.0. The van der Waals surface area contributed by atoms with Crippen LogP contribution in [0.25, 0.3) is 49.7 Å². The summed E-state index contributed by atoms with van der Waals surface area (Å²) in [5.41, 5.74) is 10.4. The summed E-state index contributed by atoms with van der Waals surface area (Å²) in [5, 5.41) is 23.5. The fraction of sp³-hybridized carbons (Fsp3) is 0. The Bertz CT molecular complexity index is 2330. The van der Waals surface area contributed by atoms with Gasteiger partial charge in [-0.3, -0.25) is 0 Å². The van der Waals surface area contributed by atoms with Crippen LogP contribution in [-0.2, 0) is 0 Å². The predicted molar refractivity (Wildman–Crippen MR) is 196 cm³/mol. The standard InChI is InChI=1S/C44H28N4/c45-29-35-27-39(28-36(30-46)44(35)48-42-17-9-7-15-40(42)41-16-8-10-18-43(41)48)47(37-23-19-33(20-24-37)31-11-3-1-4-12-31)38-25-21-34(22-26-38)32-13-5-2-6-14-32/h1-28H. The molecule has 7 aromatic carbocycles. The van der Waals surface area contributed by atoms with Crippen molar-refractivity contribution >= 4 is 38.9 Å². The van der Waals surface area contributed by atoms with E-state index in [0.29, 0.717) is 16.8 Å². The lowest BCUT2D eigenvalue weighted by atomic mass is 10.0. The third-order valence-electron chi connectivity index (χ3n) is 8.86. The first-order valence-electron chi connectivity index (χ1n) is 15.8. The van der Waals surface area contributed by atoms with Crippen LogP contribution in [0, 0.1) is 22.7 Å². The minimum atomic E-state index is 0.419. The van der Waals surface area contributed by atoms with Crippen molar-refractivity contribution in [2.75, 3.05) is 4.90 Å². The number of para-hydroxylation sites is 2. The molecule has 1 aromatic heterocycles. The van der Waals surface area contributed by atoms with Gasteiger partial charge < -0.3 is 9.47 Å². The molecule has 0 bridgehead atoms. The Morgan fingerprint density at radius 3 is 1.19 bits per heavy atom. The van der Waals surface area contributed by atoms with Crippen LogP contribution in [0.4, 0.5) is 17.1 Å². The second-order valence-electron chi connectivity index (χ2n) is 11.6. The molecule has 0 aliphatic heterocycles. The molecule has 48 heavy (non-hydrogen) atoms. The van der Waals surface area contributed by atoms with E-state index < -0.39 is 0 Å². The zero-order valence-corrected chi connectivity index (χ0v) is 26.0. The Balaban J connectivity index is 1.32. The number of nitrogens with zero attached hydrogens (tertiary/aromatic N) is 4. The molecule has 0 atom stereocenters. The van der Waals surface area contributed by atoms with E-state index >= 15 is 0 Å². The smallest absolute Gasteiger partial charge is 0.101 e. The lowest BCUT2D eigenvalue weighted by Gasteiger charge is -2.27. The van der Waals surface area contributed by atoms with Crippen LogP contribution in [0.2, 0.25) is 0 Å². The minimum absolute atomic E-state index is 0.419. The van der Waals surface area contributed by atoms with E-state index in [0.717, 1.165) is 61.1 Å². The topological polar surface area (TPSA) is 55.8 Å². The molecule has 0 amide bonds. The second kappa shape index (κ2) is 12.1. The lowest BCUT2D eigenvalue weighted by molar-refractivity contribution is 1.15. The van der Waals surface area contributed by atoms with E-state index in [-0.39, 0.29) is 0 Å². The monoisotopic (exact) mass is 612 g/mol. The molecule has 0 spiro atoms. The van der Waals surface area contributed by atoms with Crippen LogP contribution in [0.15, 0.2) is 170 Å². The molecule has 0 unspecified atom stereocenters. The van der Waals surface area contributed by atoms with E-state index in [9.17, 15) is 10.5 Å². The average Bonchev–Trinajstić information content (AvgIpc) is 3.50. The molecule has 4 nitrogen and oxygen atoms in total. The quantitative estimate of drug-likeness (QED) is 0.188. The molecule has 224 valence electrons. The zero-order chi connectivity index (χ0) is 32.5. The van der Waals surface area contributed by atoms with Crippen molar-refractivity contribution in [1.29, 1.82) is 10.5 Å². The van der Waals surface area contributed by atoms with E-state index in [1.165, 1.54) is 0 Å². The van der Waals surface area contributed by atoms with Crippen molar-refractivity contribution in [3.8, 4) is 40.1 Å². The van der Waals surface area contributed by atoms with Crippen LogP contribution in [0.1, 0.15) is 11.1 Å². The summed E-state index contributed by atoms with van der Waals surface area (Å²) >= 11 is 0. The van der Waals surface area contributed by atoms with Gasteiger partial charge in [-0.2, -0.15) is 10.5 Å². The predicted octanol–water partition coefficient (Wildman–Crippen LogP) is 11.3. The molecule has 8 rings (SSSR count). The first-order chi connectivity index (χ1) is 23.7. The van der Waals surface area contributed by atoms with Crippen molar-refractivity contribution in [2.24, 2.45) is 0 Å². The number of nitriles is 2. The number of rotatable bonds is 6. The Labute approximate surface area is 279 Å². The van der Waals surface area contributed by atoms with Gasteiger partial charge in [0, 0.05) is 27.8 Å². The van der Waals surface area contributed by atoms with Crippen LogP contribution < -0.4 is 4.90 Å². The van der Waals surface area contributed by atoms with Crippen molar-refractivity contribution < 1.29 is 0 Å². The maximum absolute atomic E-state index is 10.7. The van der Waals surface area contributed by atoms with Crippen LogP contribution in [0.5, 0.6) is 0 Å². The Hall–Kier alpha value is -6.88. The number of fused-ring (bicyclic) bond motifs is 3. The highest BCUT2D eigenvalue weighted by molar-refractivity contribution is 6.09. The van der Waals surface area contributed by atoms with Gasteiger partial charge in [0.25, 0.3) is 0 Å². The average molecular weight is 613 g/mol. The lowest BCUT2D eigenvalue weighted by Crippen LogP contribution is -2.12. The van der Waals surface area contributed by atoms with Crippen molar-refractivity contribution in [2.45, 2.75) is 0 Å². The van der Waals surface area contributed by atoms with Gasteiger partial charge in [-0.25, -0.2) is 0 Å². The van der Waals surface area contributed by atoms with E-state index in [2.05, 4.69) is 107 Å². The molecule has 0 N–H and O–H groups in total. The summed E-state index contributed by atoms with van der Waals surface area (Å²) in [6.07, 6.45) is 0. The summed E-state index contributed by atoms with van der Waals surface area (Å²) in [4.78, 5) is 2.11. The Kier molecular flexibility index (Phi) is 7.23. The molecular weight excluding hydrogens is 585 g/mol. The van der Waals surface area contributed by atoms with Gasteiger partial charge in [0.1, 0.15) is 12.1 Å². The van der Waals surface area contributed by atoms with E-state index in [1.807, 2.05) is 84.9 Å². The molecule has 0 saturated carbocycles. The highest BCUT2D eigenvalue weighted by Gasteiger charge is 2.22. The molecule has 1 heterocycles.